The highest BCUT2D eigenvalue weighted by atomic mass is 127. The third-order valence-corrected chi connectivity index (χ3v) is 2.66. The van der Waals surface area contributed by atoms with E-state index in [1.165, 1.54) is 6.08 Å². The molecule has 1 aromatic heterocycles. The minimum absolute atomic E-state index is 0.0263. The number of hydrogen-bond acceptors (Lipinski definition) is 3. The Balaban J connectivity index is 3.59. The minimum Gasteiger partial charge on any atom is -0.477 e. The van der Waals surface area contributed by atoms with E-state index >= 15 is 0 Å². The molecule has 0 aromatic carbocycles. The Bertz CT molecular complexity index is 528. The number of rotatable bonds is 3. The van der Waals surface area contributed by atoms with Crippen molar-refractivity contribution >= 4 is 28.6 Å². The molecule has 0 unspecified atom stereocenters. The average Bonchev–Trinajstić information content (AvgIpc) is 2.18. The summed E-state index contributed by atoms with van der Waals surface area (Å²) in [6, 6.07) is 0. The average molecular weight is 322 g/mol. The predicted octanol–water partition coefficient (Wildman–Crippen LogP) is 0.0254. The number of halogens is 1. The number of hydrogen-bond donors (Lipinski definition) is 2. The first-order valence-electron chi connectivity index (χ1n) is 3.85. The first-order valence-corrected chi connectivity index (χ1v) is 4.93. The van der Waals surface area contributed by atoms with Crippen LogP contribution < -0.4 is 11.2 Å². The fourth-order valence-corrected chi connectivity index (χ4v) is 1.65. The van der Waals surface area contributed by atoms with Gasteiger partial charge in [-0.1, -0.05) is 6.08 Å². The molecule has 6 nitrogen and oxygen atoms in total. The van der Waals surface area contributed by atoms with Crippen LogP contribution in [-0.2, 0) is 6.54 Å². The quantitative estimate of drug-likeness (QED) is 0.606. The van der Waals surface area contributed by atoms with Gasteiger partial charge in [-0.2, -0.15) is 0 Å². The summed E-state index contributed by atoms with van der Waals surface area (Å²) in [7, 11) is 0. The van der Waals surface area contributed by atoms with Gasteiger partial charge in [0.05, 0.1) is 0 Å². The number of nitrogens with one attached hydrogen (secondary N) is 1. The molecule has 1 rings (SSSR count). The smallest absolute Gasteiger partial charge is 0.353 e. The van der Waals surface area contributed by atoms with Crippen molar-refractivity contribution in [1.82, 2.24) is 9.55 Å². The second kappa shape index (κ2) is 4.43. The standard InChI is InChI=1S/C8H7IN2O4/c1-2-3-11-6(12)4(9)5(7(13)14)10-8(11)15/h2H,1,3H2,(H,10,15)(H,13,14). The van der Waals surface area contributed by atoms with Crippen LogP contribution in [0.25, 0.3) is 0 Å². The molecule has 0 spiro atoms. The lowest BCUT2D eigenvalue weighted by molar-refractivity contribution is 0.0688. The van der Waals surface area contributed by atoms with Gasteiger partial charge in [0, 0.05) is 6.54 Å². The number of allylic oxidation sites excluding steroid dienone is 1. The van der Waals surface area contributed by atoms with Crippen molar-refractivity contribution in [3.8, 4) is 0 Å². The largest absolute Gasteiger partial charge is 0.477 e. The zero-order valence-corrected chi connectivity index (χ0v) is 9.65. The van der Waals surface area contributed by atoms with Gasteiger partial charge in [0.25, 0.3) is 5.56 Å². The molecule has 0 radical (unpaired) electrons. The molecule has 1 heterocycles. The summed E-state index contributed by atoms with van der Waals surface area (Å²) >= 11 is 1.58. The molecule has 1 aromatic rings. The fourth-order valence-electron chi connectivity index (χ4n) is 0.989. The Morgan fingerprint density at radius 3 is 2.67 bits per heavy atom. The van der Waals surface area contributed by atoms with E-state index < -0.39 is 17.2 Å². The molecule has 0 saturated carbocycles. The van der Waals surface area contributed by atoms with Gasteiger partial charge in [-0.3, -0.25) is 9.36 Å². The van der Waals surface area contributed by atoms with E-state index in [-0.39, 0.29) is 15.8 Å². The van der Waals surface area contributed by atoms with Crippen LogP contribution >= 0.6 is 22.6 Å². The Morgan fingerprint density at radius 1 is 1.60 bits per heavy atom. The number of carboxylic acids is 1. The summed E-state index contributed by atoms with van der Waals surface area (Å²) in [5.74, 6) is -1.33. The van der Waals surface area contributed by atoms with Crippen LogP contribution in [0.5, 0.6) is 0 Å². The first kappa shape index (κ1) is 11.7. The van der Waals surface area contributed by atoms with Gasteiger partial charge in [-0.15, -0.1) is 6.58 Å². The van der Waals surface area contributed by atoms with Crippen LogP contribution in [0.4, 0.5) is 0 Å². The summed E-state index contributed by atoms with van der Waals surface area (Å²) in [6.07, 6.45) is 1.38. The van der Waals surface area contributed by atoms with Crippen LogP contribution in [0, 0.1) is 3.57 Å². The molecule has 0 saturated heterocycles. The van der Waals surface area contributed by atoms with E-state index in [0.717, 1.165) is 4.57 Å². The Kier molecular flexibility index (Phi) is 3.45. The monoisotopic (exact) mass is 322 g/mol. The third kappa shape index (κ3) is 2.17. The number of carbonyl (C=O) groups is 1. The molecule has 0 aliphatic heterocycles. The van der Waals surface area contributed by atoms with Gasteiger partial charge < -0.3 is 10.1 Å². The molecule has 0 aliphatic rings. The summed E-state index contributed by atoms with van der Waals surface area (Å²) in [5, 5.41) is 8.69. The van der Waals surface area contributed by atoms with Crippen molar-refractivity contribution in [3.05, 3.63) is 42.8 Å². The molecule has 0 bridgehead atoms. The summed E-state index contributed by atoms with van der Waals surface area (Å²) in [4.78, 5) is 35.6. The molecule has 7 heteroatoms. The molecule has 0 atom stereocenters. The van der Waals surface area contributed by atoms with Crippen LogP contribution in [0.1, 0.15) is 10.5 Å². The molecular weight excluding hydrogens is 315 g/mol. The Morgan fingerprint density at radius 2 is 2.20 bits per heavy atom. The maximum atomic E-state index is 11.5. The van der Waals surface area contributed by atoms with Crippen molar-refractivity contribution in [3.63, 3.8) is 0 Å². The van der Waals surface area contributed by atoms with Crippen LogP contribution in [-0.4, -0.2) is 20.6 Å². The van der Waals surface area contributed by atoms with Gasteiger partial charge >= 0.3 is 11.7 Å². The van der Waals surface area contributed by atoms with Gasteiger partial charge in [0.15, 0.2) is 0 Å². The lowest BCUT2D eigenvalue weighted by Gasteiger charge is -2.03. The Hall–Kier alpha value is -1.38. The second-order valence-corrected chi connectivity index (χ2v) is 3.71. The van der Waals surface area contributed by atoms with Gasteiger partial charge in [0.2, 0.25) is 0 Å². The van der Waals surface area contributed by atoms with Crippen molar-refractivity contribution in [2.24, 2.45) is 0 Å². The molecule has 80 valence electrons. The van der Waals surface area contributed by atoms with E-state index in [0.29, 0.717) is 0 Å². The molecule has 0 aliphatic carbocycles. The highest BCUT2D eigenvalue weighted by Crippen LogP contribution is 2.01. The highest BCUT2D eigenvalue weighted by Gasteiger charge is 2.15. The summed E-state index contributed by atoms with van der Waals surface area (Å²) < 4.78 is 0.850. The van der Waals surface area contributed by atoms with Crippen molar-refractivity contribution in [2.45, 2.75) is 6.54 Å². The molecule has 0 fully saturated rings. The van der Waals surface area contributed by atoms with E-state index in [4.69, 9.17) is 5.11 Å². The number of H-pyrrole nitrogens is 1. The van der Waals surface area contributed by atoms with Crippen LogP contribution in [0.15, 0.2) is 22.2 Å². The van der Waals surface area contributed by atoms with E-state index in [1.54, 1.807) is 22.6 Å². The molecule has 2 N–H and O–H groups in total. The van der Waals surface area contributed by atoms with Crippen LogP contribution in [0.2, 0.25) is 0 Å². The number of aromatic nitrogens is 2. The summed E-state index contributed by atoms with van der Waals surface area (Å²) in [5.41, 5.74) is -1.76. The van der Waals surface area contributed by atoms with E-state index in [1.807, 2.05) is 0 Å². The van der Waals surface area contributed by atoms with Gasteiger partial charge in [-0.25, -0.2) is 9.59 Å². The van der Waals surface area contributed by atoms with Crippen molar-refractivity contribution < 1.29 is 9.90 Å². The first-order chi connectivity index (χ1) is 6.99. The van der Waals surface area contributed by atoms with Crippen LogP contribution in [0.3, 0.4) is 0 Å². The zero-order valence-electron chi connectivity index (χ0n) is 7.49. The van der Waals surface area contributed by atoms with Gasteiger partial charge in [0.1, 0.15) is 9.26 Å². The minimum atomic E-state index is -1.33. The highest BCUT2D eigenvalue weighted by molar-refractivity contribution is 14.1. The second-order valence-electron chi connectivity index (χ2n) is 2.63. The van der Waals surface area contributed by atoms with Crippen molar-refractivity contribution in [1.29, 1.82) is 0 Å². The summed E-state index contributed by atoms with van der Waals surface area (Å²) in [6.45, 7) is 3.44. The lowest BCUT2D eigenvalue weighted by atomic mass is 10.4. The molecule has 0 amide bonds. The fraction of sp³-hybridized carbons (Fsp3) is 0.125. The SMILES string of the molecule is C=CCn1c(=O)[nH]c(C(=O)O)c(I)c1=O. The van der Waals surface area contributed by atoms with Crippen molar-refractivity contribution in [2.75, 3.05) is 0 Å². The zero-order chi connectivity index (χ0) is 11.6. The number of aromatic carboxylic acids is 1. The maximum Gasteiger partial charge on any atom is 0.353 e. The lowest BCUT2D eigenvalue weighted by Crippen LogP contribution is -2.38. The number of aromatic amines is 1. The Labute approximate surface area is 97.4 Å². The molecular formula is C8H7IN2O4. The van der Waals surface area contributed by atoms with Gasteiger partial charge in [-0.05, 0) is 22.6 Å². The predicted molar refractivity (Wildman–Crippen MR) is 61.2 cm³/mol. The van der Waals surface area contributed by atoms with E-state index in [9.17, 15) is 14.4 Å². The van der Waals surface area contributed by atoms with E-state index in [2.05, 4.69) is 11.6 Å². The maximum absolute atomic E-state index is 11.5. The molecule has 15 heavy (non-hydrogen) atoms. The normalized spacial score (nSPS) is 9.93. The third-order valence-electron chi connectivity index (χ3n) is 1.66. The number of nitrogens with zero attached hydrogens (tertiary/aromatic N) is 1. The topological polar surface area (TPSA) is 92.2 Å². The number of carboxylic acid groups (broad SMARTS) is 1.